The highest BCUT2D eigenvalue weighted by Crippen LogP contribution is 2.26. The van der Waals surface area contributed by atoms with Crippen molar-refractivity contribution in [2.45, 2.75) is 44.7 Å². The molecule has 1 fully saturated rings. The van der Waals surface area contributed by atoms with Crippen LogP contribution in [0.3, 0.4) is 0 Å². The second-order valence-corrected chi connectivity index (χ2v) is 5.83. The van der Waals surface area contributed by atoms with E-state index < -0.39 is 0 Å². The van der Waals surface area contributed by atoms with Crippen LogP contribution < -0.4 is 10.9 Å². The van der Waals surface area contributed by atoms with E-state index in [1.54, 1.807) is 23.1 Å². The van der Waals surface area contributed by atoms with Crippen molar-refractivity contribution in [3.63, 3.8) is 0 Å². The van der Waals surface area contributed by atoms with Crippen LogP contribution in [0.25, 0.3) is 0 Å². The largest absolute Gasteiger partial charge is 0.348 e. The molecule has 0 atom stereocenters. The minimum Gasteiger partial charge on any atom is -0.348 e. The van der Waals surface area contributed by atoms with Gasteiger partial charge in [-0.3, -0.25) is 14.6 Å². The third-order valence-electron chi connectivity index (χ3n) is 4.13. The van der Waals surface area contributed by atoms with Gasteiger partial charge in [-0.2, -0.15) is 5.10 Å². The molecule has 1 aliphatic rings. The van der Waals surface area contributed by atoms with Crippen LogP contribution in [0.2, 0.25) is 0 Å². The van der Waals surface area contributed by atoms with E-state index in [1.165, 1.54) is 12.3 Å². The van der Waals surface area contributed by atoms with Gasteiger partial charge in [-0.05, 0) is 38.7 Å². The number of nitrogens with zero attached hydrogens (tertiary/aromatic N) is 4. The number of rotatable bonds is 3. The molecule has 120 valence electrons. The zero-order valence-corrected chi connectivity index (χ0v) is 13.0. The Bertz CT molecular complexity index is 733. The highest BCUT2D eigenvalue weighted by Gasteiger charge is 2.25. The Morgan fingerprint density at radius 1 is 1.22 bits per heavy atom. The number of carbonyl (C=O) groups is 1. The van der Waals surface area contributed by atoms with Crippen LogP contribution in [0, 0.1) is 6.92 Å². The molecule has 0 bridgehead atoms. The molecule has 1 N–H and O–H groups in total. The molecular weight excluding hydrogens is 294 g/mol. The fraction of sp³-hybridized carbons (Fsp3) is 0.438. The topological polar surface area (TPSA) is 89.8 Å². The van der Waals surface area contributed by atoms with E-state index in [1.807, 2.05) is 6.92 Å². The highest BCUT2D eigenvalue weighted by atomic mass is 16.2. The van der Waals surface area contributed by atoms with Crippen LogP contribution in [-0.2, 0) is 0 Å². The summed E-state index contributed by atoms with van der Waals surface area (Å²) in [5.74, 6) is -0.198. The minimum absolute atomic E-state index is 0.0742. The van der Waals surface area contributed by atoms with Gasteiger partial charge in [0.2, 0.25) is 0 Å². The Hall–Kier alpha value is -2.57. The first-order valence-corrected chi connectivity index (χ1v) is 7.77. The van der Waals surface area contributed by atoms with E-state index in [0.29, 0.717) is 5.69 Å². The van der Waals surface area contributed by atoms with Gasteiger partial charge in [-0.1, -0.05) is 0 Å². The first-order valence-electron chi connectivity index (χ1n) is 7.77. The Balaban J connectivity index is 1.57. The number of carbonyl (C=O) groups excluding carboxylic acids is 1. The molecule has 2 aromatic heterocycles. The Labute approximate surface area is 133 Å². The lowest BCUT2D eigenvalue weighted by molar-refractivity contribution is 0.0916. The molecule has 0 aromatic carbocycles. The van der Waals surface area contributed by atoms with Crippen molar-refractivity contribution < 1.29 is 4.79 Å². The summed E-state index contributed by atoms with van der Waals surface area (Å²) < 4.78 is 1.55. The Kier molecular flexibility index (Phi) is 4.45. The fourth-order valence-corrected chi connectivity index (χ4v) is 2.88. The normalized spacial score (nSPS) is 20.9. The lowest BCUT2D eigenvalue weighted by Crippen LogP contribution is -2.39. The smallest absolute Gasteiger partial charge is 0.271 e. The predicted octanol–water partition coefficient (Wildman–Crippen LogP) is 1.26. The summed E-state index contributed by atoms with van der Waals surface area (Å²) in [4.78, 5) is 32.1. The van der Waals surface area contributed by atoms with E-state index in [4.69, 9.17) is 0 Å². The molecule has 3 rings (SSSR count). The Morgan fingerprint density at radius 2 is 2.00 bits per heavy atom. The summed E-state index contributed by atoms with van der Waals surface area (Å²) >= 11 is 0. The van der Waals surface area contributed by atoms with Gasteiger partial charge in [-0.25, -0.2) is 9.67 Å². The number of amides is 1. The molecule has 1 amide bonds. The van der Waals surface area contributed by atoms with E-state index in [-0.39, 0.29) is 23.6 Å². The first kappa shape index (κ1) is 15.3. The molecule has 1 aliphatic carbocycles. The maximum Gasteiger partial charge on any atom is 0.271 e. The van der Waals surface area contributed by atoms with E-state index in [9.17, 15) is 9.59 Å². The highest BCUT2D eigenvalue weighted by molar-refractivity contribution is 5.92. The molecule has 0 saturated heterocycles. The van der Waals surface area contributed by atoms with Gasteiger partial charge in [-0.15, -0.1) is 0 Å². The molecule has 0 unspecified atom stereocenters. The van der Waals surface area contributed by atoms with Crippen molar-refractivity contribution in [2.24, 2.45) is 0 Å². The SMILES string of the molecule is Cc1cnc(C(=O)NC2CCC(n3ncccc3=O)CC2)cn1. The van der Waals surface area contributed by atoms with Gasteiger partial charge in [0, 0.05) is 24.5 Å². The number of hydrogen-bond donors (Lipinski definition) is 1. The number of aromatic nitrogens is 4. The molecule has 0 spiro atoms. The monoisotopic (exact) mass is 313 g/mol. The second-order valence-electron chi connectivity index (χ2n) is 5.83. The summed E-state index contributed by atoms with van der Waals surface area (Å²) in [6.45, 7) is 1.83. The van der Waals surface area contributed by atoms with E-state index in [0.717, 1.165) is 31.4 Å². The predicted molar refractivity (Wildman–Crippen MR) is 84.0 cm³/mol. The number of nitrogens with one attached hydrogen (secondary N) is 1. The molecule has 7 heteroatoms. The van der Waals surface area contributed by atoms with Crippen molar-refractivity contribution >= 4 is 5.91 Å². The molecule has 2 heterocycles. The molecule has 0 aliphatic heterocycles. The van der Waals surface area contributed by atoms with Crippen LogP contribution in [0.15, 0.2) is 35.5 Å². The van der Waals surface area contributed by atoms with Crippen molar-refractivity contribution in [3.8, 4) is 0 Å². The van der Waals surface area contributed by atoms with Crippen molar-refractivity contribution in [3.05, 3.63) is 52.5 Å². The van der Waals surface area contributed by atoms with Crippen LogP contribution >= 0.6 is 0 Å². The standard InChI is InChI=1S/C16H19N5O2/c1-11-9-18-14(10-17-11)16(23)20-12-4-6-13(7-5-12)21-15(22)3-2-8-19-21/h2-3,8-10,12-13H,4-7H2,1H3,(H,20,23). The number of hydrogen-bond acceptors (Lipinski definition) is 5. The van der Waals surface area contributed by atoms with Crippen molar-refractivity contribution in [1.29, 1.82) is 0 Å². The summed E-state index contributed by atoms with van der Waals surface area (Å²) in [5, 5.41) is 7.13. The van der Waals surface area contributed by atoms with E-state index >= 15 is 0 Å². The zero-order valence-electron chi connectivity index (χ0n) is 13.0. The van der Waals surface area contributed by atoms with Crippen LogP contribution in [-0.4, -0.2) is 31.7 Å². The Morgan fingerprint density at radius 3 is 2.65 bits per heavy atom. The fourth-order valence-electron chi connectivity index (χ4n) is 2.88. The summed E-state index contributed by atoms with van der Waals surface area (Å²) in [5.41, 5.74) is 1.04. The van der Waals surface area contributed by atoms with Crippen LogP contribution in [0.1, 0.15) is 47.9 Å². The third kappa shape index (κ3) is 3.61. The van der Waals surface area contributed by atoms with E-state index in [2.05, 4.69) is 20.4 Å². The lowest BCUT2D eigenvalue weighted by atomic mass is 9.91. The van der Waals surface area contributed by atoms with Crippen molar-refractivity contribution in [2.75, 3.05) is 0 Å². The summed E-state index contributed by atoms with van der Waals surface area (Å²) in [7, 11) is 0. The molecule has 2 aromatic rings. The zero-order chi connectivity index (χ0) is 16.2. The maximum absolute atomic E-state index is 12.1. The molecule has 23 heavy (non-hydrogen) atoms. The van der Waals surface area contributed by atoms with Gasteiger partial charge in [0.25, 0.3) is 11.5 Å². The molecule has 7 nitrogen and oxygen atoms in total. The third-order valence-corrected chi connectivity index (χ3v) is 4.13. The van der Waals surface area contributed by atoms with Crippen molar-refractivity contribution in [1.82, 2.24) is 25.1 Å². The maximum atomic E-state index is 12.1. The van der Waals surface area contributed by atoms with Gasteiger partial charge in [0.1, 0.15) is 5.69 Å². The summed E-state index contributed by atoms with van der Waals surface area (Å²) in [6.07, 6.45) is 7.98. The van der Waals surface area contributed by atoms with Gasteiger partial charge in [0.05, 0.1) is 17.9 Å². The molecular formula is C16H19N5O2. The number of aryl methyl sites for hydroxylation is 1. The minimum atomic E-state index is -0.198. The molecule has 0 radical (unpaired) electrons. The average Bonchev–Trinajstić information content (AvgIpc) is 2.57. The van der Waals surface area contributed by atoms with Gasteiger partial charge >= 0.3 is 0 Å². The van der Waals surface area contributed by atoms with Crippen LogP contribution in [0.5, 0.6) is 0 Å². The quantitative estimate of drug-likeness (QED) is 0.921. The van der Waals surface area contributed by atoms with Gasteiger partial charge in [0.15, 0.2) is 0 Å². The average molecular weight is 313 g/mol. The molecule has 1 saturated carbocycles. The summed E-state index contributed by atoms with van der Waals surface area (Å²) in [6, 6.07) is 3.38. The lowest BCUT2D eigenvalue weighted by Gasteiger charge is -2.29. The second kappa shape index (κ2) is 6.68. The van der Waals surface area contributed by atoms with Crippen LogP contribution in [0.4, 0.5) is 0 Å². The first-order chi connectivity index (χ1) is 11.1. The van der Waals surface area contributed by atoms with Gasteiger partial charge < -0.3 is 5.32 Å².